The smallest absolute Gasteiger partial charge is 0.403 e. The Labute approximate surface area is 166 Å². The molecule has 0 unspecified atom stereocenters. The number of benzene rings is 1. The molecule has 29 heavy (non-hydrogen) atoms. The highest BCUT2D eigenvalue weighted by molar-refractivity contribution is 5.76. The van der Waals surface area contributed by atoms with Crippen LogP contribution in [0, 0.1) is 12.7 Å². The molecule has 0 radical (unpaired) electrons. The lowest BCUT2D eigenvalue weighted by atomic mass is 10.1. The van der Waals surface area contributed by atoms with Gasteiger partial charge in [0.25, 0.3) is 6.43 Å². The van der Waals surface area contributed by atoms with E-state index in [2.05, 4.69) is 17.2 Å². The van der Waals surface area contributed by atoms with Gasteiger partial charge >= 0.3 is 6.09 Å². The van der Waals surface area contributed by atoms with Gasteiger partial charge in [-0.2, -0.15) is 0 Å². The van der Waals surface area contributed by atoms with Gasteiger partial charge in [-0.15, -0.1) is 0 Å². The third kappa shape index (κ3) is 5.33. The molecule has 1 aromatic heterocycles. The first kappa shape index (κ1) is 21.3. The summed E-state index contributed by atoms with van der Waals surface area (Å²) in [5.41, 5.74) is -0.503. The number of amides is 1. The van der Waals surface area contributed by atoms with Crippen molar-refractivity contribution in [2.45, 2.75) is 44.6 Å². The number of aromatic nitrogens is 2. The molecule has 0 aliphatic carbocycles. The molecule has 2 heterocycles. The second kappa shape index (κ2) is 8.50. The predicted molar refractivity (Wildman–Crippen MR) is 98.0 cm³/mol. The number of hydrogen-bond acceptors (Lipinski definition) is 5. The monoisotopic (exact) mass is 414 g/mol. The third-order valence-corrected chi connectivity index (χ3v) is 4.19. The van der Waals surface area contributed by atoms with Crippen LogP contribution in [0.15, 0.2) is 18.2 Å². The summed E-state index contributed by atoms with van der Waals surface area (Å²) in [6, 6.07) is 2.72. The van der Waals surface area contributed by atoms with E-state index in [0.29, 0.717) is 12.1 Å². The fourth-order valence-electron chi connectivity index (χ4n) is 3.12. The fraction of sp³-hybridized carbons (Fsp3) is 0.526. The van der Waals surface area contributed by atoms with Crippen LogP contribution in [0.4, 0.5) is 18.0 Å². The normalized spacial score (nSPS) is 18.8. The van der Waals surface area contributed by atoms with E-state index in [9.17, 15) is 18.0 Å². The van der Waals surface area contributed by atoms with Crippen molar-refractivity contribution in [2.75, 3.05) is 19.8 Å². The van der Waals surface area contributed by atoms with E-state index < -0.39 is 42.6 Å². The first-order chi connectivity index (χ1) is 13.6. The predicted octanol–water partition coefficient (Wildman–Crippen LogP) is 3.24. The SMILES string of the molecule is [CH2+]C(C)(C)OC(=O)N[C@H](c1nc2cc(F)ccc2n1CC(F)F)[C@H]1COCCO1. The van der Waals surface area contributed by atoms with Gasteiger partial charge < -0.3 is 24.1 Å². The maximum absolute atomic E-state index is 13.7. The van der Waals surface area contributed by atoms with Crippen LogP contribution < -0.4 is 5.32 Å². The zero-order valence-corrected chi connectivity index (χ0v) is 16.2. The molecule has 7 nitrogen and oxygen atoms in total. The van der Waals surface area contributed by atoms with Crippen molar-refractivity contribution in [3.8, 4) is 0 Å². The molecular weight excluding hydrogens is 391 g/mol. The first-order valence-corrected chi connectivity index (χ1v) is 9.12. The van der Waals surface area contributed by atoms with E-state index in [1.54, 1.807) is 13.8 Å². The topological polar surface area (TPSA) is 74.6 Å². The van der Waals surface area contributed by atoms with Gasteiger partial charge in [0.15, 0.2) is 0 Å². The third-order valence-electron chi connectivity index (χ3n) is 4.19. The molecule has 1 saturated heterocycles. The Kier molecular flexibility index (Phi) is 6.23. The van der Waals surface area contributed by atoms with Crippen molar-refractivity contribution in [1.29, 1.82) is 0 Å². The van der Waals surface area contributed by atoms with E-state index in [1.165, 1.54) is 10.6 Å². The molecule has 158 valence electrons. The van der Waals surface area contributed by atoms with Gasteiger partial charge in [-0.1, -0.05) is 0 Å². The summed E-state index contributed by atoms with van der Waals surface area (Å²) in [6.45, 7) is 6.97. The second-order valence-corrected chi connectivity index (χ2v) is 7.36. The number of alkyl halides is 2. The number of rotatable bonds is 6. The summed E-state index contributed by atoms with van der Waals surface area (Å²) in [6.07, 6.45) is -4.19. The molecule has 1 fully saturated rings. The van der Waals surface area contributed by atoms with Gasteiger partial charge in [0.2, 0.25) is 5.60 Å². The lowest BCUT2D eigenvalue weighted by Gasteiger charge is -2.31. The minimum Gasteiger partial charge on any atom is -0.403 e. The Morgan fingerprint density at radius 3 is 2.83 bits per heavy atom. The highest BCUT2D eigenvalue weighted by Crippen LogP contribution is 2.27. The number of carbonyl (C=O) groups excluding carboxylic acids is 1. The summed E-state index contributed by atoms with van der Waals surface area (Å²) in [5.74, 6) is -0.453. The molecule has 1 aliphatic rings. The van der Waals surface area contributed by atoms with Gasteiger partial charge in [0.05, 0.1) is 37.4 Å². The van der Waals surface area contributed by atoms with Crippen molar-refractivity contribution in [3.05, 3.63) is 36.8 Å². The summed E-state index contributed by atoms with van der Waals surface area (Å²) >= 11 is 0. The Morgan fingerprint density at radius 1 is 1.45 bits per heavy atom. The molecule has 10 heteroatoms. The Hall–Kier alpha value is -2.46. The van der Waals surface area contributed by atoms with E-state index >= 15 is 0 Å². The minimum absolute atomic E-state index is 0.0974. The van der Waals surface area contributed by atoms with Gasteiger partial charge in [-0.3, -0.25) is 0 Å². The lowest BCUT2D eigenvalue weighted by Crippen LogP contribution is -2.45. The lowest BCUT2D eigenvalue weighted by molar-refractivity contribution is -0.103. The van der Waals surface area contributed by atoms with E-state index in [4.69, 9.17) is 14.2 Å². The number of carbonyl (C=O) groups is 1. The van der Waals surface area contributed by atoms with Crippen LogP contribution in [-0.2, 0) is 20.8 Å². The Bertz CT molecular complexity index is 860. The van der Waals surface area contributed by atoms with Gasteiger partial charge in [0.1, 0.15) is 30.7 Å². The largest absolute Gasteiger partial charge is 0.411 e. The van der Waals surface area contributed by atoms with Crippen LogP contribution in [0.25, 0.3) is 11.0 Å². The minimum atomic E-state index is -2.69. The summed E-state index contributed by atoms with van der Waals surface area (Å²) in [5, 5.41) is 2.62. The highest BCUT2D eigenvalue weighted by Gasteiger charge is 2.35. The van der Waals surface area contributed by atoms with Crippen molar-refractivity contribution < 1.29 is 32.2 Å². The van der Waals surface area contributed by atoms with E-state index in [1.807, 2.05) is 0 Å². The van der Waals surface area contributed by atoms with Crippen LogP contribution in [0.2, 0.25) is 0 Å². The maximum atomic E-state index is 13.7. The molecule has 2 atom stereocenters. The van der Waals surface area contributed by atoms with E-state index in [0.717, 1.165) is 12.1 Å². The Morgan fingerprint density at radius 2 is 2.21 bits per heavy atom. The highest BCUT2D eigenvalue weighted by atomic mass is 19.3. The molecule has 0 saturated carbocycles. The number of alkyl carbamates (subject to hydrolysis) is 1. The molecule has 3 rings (SSSR count). The number of halogens is 3. The summed E-state index contributed by atoms with van der Waals surface area (Å²) in [4.78, 5) is 16.7. The first-order valence-electron chi connectivity index (χ1n) is 9.12. The average Bonchev–Trinajstić information content (AvgIpc) is 2.95. The van der Waals surface area contributed by atoms with Crippen LogP contribution >= 0.6 is 0 Å². The Balaban J connectivity index is 2.03. The van der Waals surface area contributed by atoms with Crippen LogP contribution in [-0.4, -0.2) is 53.6 Å². The number of ether oxygens (including phenoxy) is 3. The van der Waals surface area contributed by atoms with Crippen molar-refractivity contribution >= 4 is 17.1 Å². The van der Waals surface area contributed by atoms with Crippen LogP contribution in [0.1, 0.15) is 25.7 Å². The number of nitrogens with one attached hydrogen (secondary N) is 1. The standard InChI is InChI=1S/C19H22F3N3O4/c1-19(2,3)29-18(26)24-16(14-10-27-6-7-28-14)17-23-12-8-11(20)4-5-13(12)25(17)9-15(21)22/h4-5,8,14-16H,1,6-7,9-10H2,2-3H3/p+1/t14-,16+/m1/s1. The molecule has 0 bridgehead atoms. The molecule has 1 aromatic carbocycles. The quantitative estimate of drug-likeness (QED) is 0.735. The van der Waals surface area contributed by atoms with E-state index in [-0.39, 0.29) is 24.6 Å². The zero-order chi connectivity index (χ0) is 21.2. The number of nitrogens with zero attached hydrogens (tertiary/aromatic N) is 2. The molecule has 1 amide bonds. The second-order valence-electron chi connectivity index (χ2n) is 7.36. The molecule has 1 N–H and O–H groups in total. The summed E-state index contributed by atoms with van der Waals surface area (Å²) < 4.78 is 57.7. The fourth-order valence-corrected chi connectivity index (χ4v) is 3.12. The molecule has 2 aromatic rings. The van der Waals surface area contributed by atoms with Crippen molar-refractivity contribution in [3.63, 3.8) is 0 Å². The van der Waals surface area contributed by atoms with Crippen LogP contribution in [0.3, 0.4) is 0 Å². The molecule has 0 spiro atoms. The van der Waals surface area contributed by atoms with Crippen LogP contribution in [0.5, 0.6) is 0 Å². The van der Waals surface area contributed by atoms with Crippen molar-refractivity contribution in [1.82, 2.24) is 14.9 Å². The molecular formula is C19H23F3N3O4+. The van der Waals surface area contributed by atoms with Gasteiger partial charge in [0, 0.05) is 19.9 Å². The average molecular weight is 414 g/mol. The molecule has 1 aliphatic heterocycles. The maximum Gasteiger partial charge on any atom is 0.411 e. The van der Waals surface area contributed by atoms with Crippen molar-refractivity contribution in [2.24, 2.45) is 0 Å². The number of hydrogen-bond donors (Lipinski definition) is 1. The zero-order valence-electron chi connectivity index (χ0n) is 16.2. The van der Waals surface area contributed by atoms with Gasteiger partial charge in [-0.05, 0) is 12.1 Å². The number of fused-ring (bicyclic) bond motifs is 1. The summed E-state index contributed by atoms with van der Waals surface area (Å²) in [7, 11) is 0. The number of imidazole rings is 1. The van der Waals surface area contributed by atoms with Gasteiger partial charge in [-0.25, -0.2) is 22.9 Å².